The first-order valence-corrected chi connectivity index (χ1v) is 6.39. The highest BCUT2D eigenvalue weighted by molar-refractivity contribution is 6.32. The van der Waals surface area contributed by atoms with Gasteiger partial charge in [-0.25, -0.2) is 4.68 Å². The zero-order chi connectivity index (χ0) is 14.7. The maximum Gasteiger partial charge on any atom is 0.238 e. The molecule has 2 aromatic rings. The van der Waals surface area contributed by atoms with Crippen molar-refractivity contribution < 1.29 is 4.79 Å². The summed E-state index contributed by atoms with van der Waals surface area (Å²) in [5.41, 5.74) is 3.19. The fourth-order valence-corrected chi connectivity index (χ4v) is 2.17. The van der Waals surface area contributed by atoms with Crippen LogP contribution in [0.1, 0.15) is 17.8 Å². The molecule has 0 aliphatic rings. The predicted octanol–water partition coefficient (Wildman–Crippen LogP) is 2.99. The number of nitriles is 1. The Morgan fingerprint density at radius 2 is 2.20 bits per heavy atom. The number of nitrogens with zero attached hydrogens (tertiary/aromatic N) is 3. The molecular formula is C14H13ClN4O. The molecule has 5 nitrogen and oxygen atoms in total. The fourth-order valence-electron chi connectivity index (χ4n) is 1.91. The number of rotatable bonds is 3. The average molecular weight is 289 g/mol. The summed E-state index contributed by atoms with van der Waals surface area (Å²) in [6.45, 7) is 3.85. The Kier molecular flexibility index (Phi) is 4.06. The molecule has 20 heavy (non-hydrogen) atoms. The van der Waals surface area contributed by atoms with Gasteiger partial charge in [0.2, 0.25) is 5.91 Å². The van der Waals surface area contributed by atoms with Gasteiger partial charge in [0.1, 0.15) is 6.42 Å². The molecule has 0 bridgehead atoms. The summed E-state index contributed by atoms with van der Waals surface area (Å²) < 4.78 is 1.75. The molecule has 1 aromatic carbocycles. The lowest BCUT2D eigenvalue weighted by Crippen LogP contribution is -2.10. The lowest BCUT2D eigenvalue weighted by Gasteiger charge is -2.09. The van der Waals surface area contributed by atoms with E-state index in [1.165, 1.54) is 0 Å². The fraction of sp³-hybridized carbons (Fsp3) is 0.214. The summed E-state index contributed by atoms with van der Waals surface area (Å²) >= 11 is 6.23. The molecule has 6 heteroatoms. The van der Waals surface area contributed by atoms with Crippen molar-refractivity contribution in [2.75, 3.05) is 5.32 Å². The van der Waals surface area contributed by atoms with E-state index >= 15 is 0 Å². The van der Waals surface area contributed by atoms with E-state index in [0.717, 1.165) is 17.1 Å². The third-order valence-corrected chi connectivity index (χ3v) is 3.01. The first-order valence-electron chi connectivity index (χ1n) is 6.01. The van der Waals surface area contributed by atoms with E-state index in [0.29, 0.717) is 10.7 Å². The third kappa shape index (κ3) is 2.98. The first kappa shape index (κ1) is 14.1. The molecule has 0 aliphatic heterocycles. The molecule has 0 spiro atoms. The minimum Gasteiger partial charge on any atom is -0.325 e. The second kappa shape index (κ2) is 5.76. The quantitative estimate of drug-likeness (QED) is 0.944. The Balaban J connectivity index is 2.29. The van der Waals surface area contributed by atoms with Crippen molar-refractivity contribution in [1.82, 2.24) is 9.78 Å². The van der Waals surface area contributed by atoms with Crippen LogP contribution in [0.3, 0.4) is 0 Å². The van der Waals surface area contributed by atoms with Crippen molar-refractivity contribution in [2.45, 2.75) is 20.3 Å². The van der Waals surface area contributed by atoms with Crippen LogP contribution in [-0.2, 0) is 4.79 Å². The maximum absolute atomic E-state index is 11.3. The SMILES string of the molecule is Cc1cc(C)n(-c2ccc(NC(=O)CC#N)cc2Cl)n1. The summed E-state index contributed by atoms with van der Waals surface area (Å²) in [5, 5.41) is 15.9. The van der Waals surface area contributed by atoms with Crippen LogP contribution in [0.25, 0.3) is 5.69 Å². The number of carbonyl (C=O) groups is 1. The summed E-state index contributed by atoms with van der Waals surface area (Å²) in [6.07, 6.45) is -0.184. The molecule has 0 saturated heterocycles. The maximum atomic E-state index is 11.3. The lowest BCUT2D eigenvalue weighted by molar-refractivity contribution is -0.115. The van der Waals surface area contributed by atoms with Gasteiger partial charge in [0.25, 0.3) is 0 Å². The number of amides is 1. The zero-order valence-corrected chi connectivity index (χ0v) is 11.9. The number of carbonyl (C=O) groups excluding carboxylic acids is 1. The second-order valence-electron chi connectivity index (χ2n) is 4.39. The highest BCUT2D eigenvalue weighted by atomic mass is 35.5. The molecule has 0 radical (unpaired) electrons. The predicted molar refractivity (Wildman–Crippen MR) is 76.9 cm³/mol. The van der Waals surface area contributed by atoms with Crippen molar-refractivity contribution >= 4 is 23.2 Å². The smallest absolute Gasteiger partial charge is 0.238 e. The van der Waals surface area contributed by atoms with E-state index in [9.17, 15) is 4.79 Å². The number of hydrogen-bond donors (Lipinski definition) is 1. The standard InChI is InChI=1S/C14H13ClN4O/c1-9-7-10(2)19(18-9)13-4-3-11(8-12(13)15)17-14(20)5-6-16/h3-4,7-8H,5H2,1-2H3,(H,17,20). The highest BCUT2D eigenvalue weighted by Crippen LogP contribution is 2.25. The summed E-state index contributed by atoms with van der Waals surface area (Å²) in [4.78, 5) is 11.3. The van der Waals surface area contributed by atoms with E-state index in [4.69, 9.17) is 16.9 Å². The molecule has 2 rings (SSSR count). The Morgan fingerprint density at radius 1 is 1.45 bits per heavy atom. The highest BCUT2D eigenvalue weighted by Gasteiger charge is 2.09. The van der Waals surface area contributed by atoms with Crippen LogP contribution in [0.4, 0.5) is 5.69 Å². The van der Waals surface area contributed by atoms with Gasteiger partial charge in [0.15, 0.2) is 0 Å². The van der Waals surface area contributed by atoms with E-state index in [2.05, 4.69) is 10.4 Å². The van der Waals surface area contributed by atoms with Gasteiger partial charge in [0, 0.05) is 11.4 Å². The Hall–Kier alpha value is -2.32. The number of benzene rings is 1. The van der Waals surface area contributed by atoms with Gasteiger partial charge in [0.05, 0.1) is 22.5 Å². The van der Waals surface area contributed by atoms with Crippen LogP contribution in [0, 0.1) is 25.2 Å². The Bertz CT molecular complexity index is 700. The normalized spacial score (nSPS) is 10.1. The van der Waals surface area contributed by atoms with E-state index in [-0.39, 0.29) is 12.3 Å². The van der Waals surface area contributed by atoms with Crippen molar-refractivity contribution in [3.05, 3.63) is 40.7 Å². The third-order valence-electron chi connectivity index (χ3n) is 2.71. The molecule has 0 aliphatic carbocycles. The Morgan fingerprint density at radius 3 is 2.75 bits per heavy atom. The Labute approximate surface area is 121 Å². The minimum absolute atomic E-state index is 0.184. The number of aromatic nitrogens is 2. The first-order chi connectivity index (χ1) is 9.51. The van der Waals surface area contributed by atoms with E-state index < -0.39 is 0 Å². The number of halogens is 1. The van der Waals surface area contributed by atoms with Gasteiger partial charge in [-0.2, -0.15) is 10.4 Å². The summed E-state index contributed by atoms with van der Waals surface area (Å²) in [7, 11) is 0. The average Bonchev–Trinajstić information content (AvgIpc) is 2.69. The molecule has 1 N–H and O–H groups in total. The lowest BCUT2D eigenvalue weighted by atomic mass is 10.2. The molecule has 0 atom stereocenters. The minimum atomic E-state index is -0.359. The van der Waals surface area contributed by atoms with Gasteiger partial charge >= 0.3 is 0 Å². The van der Waals surface area contributed by atoms with Crippen molar-refractivity contribution in [3.8, 4) is 11.8 Å². The number of hydrogen-bond acceptors (Lipinski definition) is 3. The van der Waals surface area contributed by atoms with Crippen LogP contribution >= 0.6 is 11.6 Å². The molecule has 102 valence electrons. The van der Waals surface area contributed by atoms with Crippen LogP contribution in [-0.4, -0.2) is 15.7 Å². The largest absolute Gasteiger partial charge is 0.325 e. The van der Waals surface area contributed by atoms with Crippen LogP contribution in [0.5, 0.6) is 0 Å². The van der Waals surface area contributed by atoms with Crippen LogP contribution in [0.15, 0.2) is 24.3 Å². The van der Waals surface area contributed by atoms with E-state index in [1.54, 1.807) is 29.0 Å². The van der Waals surface area contributed by atoms with Crippen molar-refractivity contribution in [2.24, 2.45) is 0 Å². The summed E-state index contributed by atoms with van der Waals surface area (Å²) in [6, 6.07) is 8.90. The van der Waals surface area contributed by atoms with Gasteiger partial charge < -0.3 is 5.32 Å². The second-order valence-corrected chi connectivity index (χ2v) is 4.80. The van der Waals surface area contributed by atoms with E-state index in [1.807, 2.05) is 19.9 Å². The molecule has 0 saturated carbocycles. The number of aryl methyl sites for hydroxylation is 2. The number of nitrogens with one attached hydrogen (secondary N) is 1. The molecule has 0 fully saturated rings. The molecule has 1 aromatic heterocycles. The van der Waals surface area contributed by atoms with Crippen molar-refractivity contribution in [1.29, 1.82) is 5.26 Å². The molecule has 0 unspecified atom stereocenters. The monoisotopic (exact) mass is 288 g/mol. The zero-order valence-electron chi connectivity index (χ0n) is 11.1. The molecule has 1 heterocycles. The number of anilines is 1. The van der Waals surface area contributed by atoms with Crippen molar-refractivity contribution in [3.63, 3.8) is 0 Å². The van der Waals surface area contributed by atoms with Crippen LogP contribution in [0.2, 0.25) is 5.02 Å². The van der Waals surface area contributed by atoms with Gasteiger partial charge in [-0.1, -0.05) is 11.6 Å². The van der Waals surface area contributed by atoms with Gasteiger partial charge in [-0.05, 0) is 38.1 Å². The van der Waals surface area contributed by atoms with Crippen LogP contribution < -0.4 is 5.32 Å². The van der Waals surface area contributed by atoms with Gasteiger partial charge in [-0.15, -0.1) is 0 Å². The molecule has 1 amide bonds. The molecular weight excluding hydrogens is 276 g/mol. The van der Waals surface area contributed by atoms with Gasteiger partial charge in [-0.3, -0.25) is 4.79 Å². The summed E-state index contributed by atoms with van der Waals surface area (Å²) in [5.74, 6) is -0.359. The topological polar surface area (TPSA) is 70.7 Å².